The van der Waals surface area contributed by atoms with E-state index in [1.165, 1.54) is 23.5 Å². The van der Waals surface area contributed by atoms with Gasteiger partial charge in [-0.15, -0.1) is 0 Å². The maximum absolute atomic E-state index is 13.5. The van der Waals surface area contributed by atoms with Crippen molar-refractivity contribution in [3.05, 3.63) is 78.4 Å². The number of ether oxygens (including phenoxy) is 2. The Balaban J connectivity index is 1.60. The second-order valence-electron chi connectivity index (χ2n) is 10.6. The van der Waals surface area contributed by atoms with Crippen molar-refractivity contribution in [2.24, 2.45) is 5.92 Å². The molecule has 3 N–H and O–H groups in total. The van der Waals surface area contributed by atoms with Crippen molar-refractivity contribution in [3.63, 3.8) is 0 Å². The number of nitrogens with zero attached hydrogens (tertiary/aromatic N) is 2. The fourth-order valence-electron chi connectivity index (χ4n) is 4.82. The van der Waals surface area contributed by atoms with Gasteiger partial charge in [0.05, 0.1) is 37.6 Å². The number of carbonyl (C=O) groups excluding carboxylic acids is 2. The second-order valence-corrected chi connectivity index (χ2v) is 12.7. The molecule has 1 aliphatic rings. The number of fused-ring (bicyclic) bond motifs is 1. The molecule has 4 rings (SSSR count). The Morgan fingerprint density at radius 2 is 1.74 bits per heavy atom. The lowest BCUT2D eigenvalue weighted by molar-refractivity contribution is -0.134. The van der Waals surface area contributed by atoms with Crippen LogP contribution in [0.2, 0.25) is 0 Å². The summed E-state index contributed by atoms with van der Waals surface area (Å²) in [5.41, 5.74) is 1.53. The molecule has 43 heavy (non-hydrogen) atoms. The fourth-order valence-corrected chi connectivity index (χ4v) is 6.02. The minimum absolute atomic E-state index is 0.0254. The Bertz CT molecular complexity index is 1520. The van der Waals surface area contributed by atoms with Crippen LogP contribution in [0.3, 0.4) is 0 Å². The van der Waals surface area contributed by atoms with Gasteiger partial charge >= 0.3 is 6.03 Å². The lowest BCUT2D eigenvalue weighted by Crippen LogP contribution is -2.48. The molecule has 1 aliphatic heterocycles. The third-order valence-corrected chi connectivity index (χ3v) is 9.25. The van der Waals surface area contributed by atoms with Gasteiger partial charge in [0.15, 0.2) is 0 Å². The van der Waals surface area contributed by atoms with E-state index in [4.69, 9.17) is 9.47 Å². The van der Waals surface area contributed by atoms with E-state index in [0.29, 0.717) is 28.4 Å². The summed E-state index contributed by atoms with van der Waals surface area (Å²) in [6, 6.07) is 19.1. The summed E-state index contributed by atoms with van der Waals surface area (Å²) >= 11 is 0. The number of anilines is 2. The number of likely N-dealkylation sites (N-methyl/N-ethyl adjacent to an activating group) is 1. The highest BCUT2D eigenvalue weighted by Gasteiger charge is 2.33. The van der Waals surface area contributed by atoms with Crippen LogP contribution in [0.5, 0.6) is 11.5 Å². The third kappa shape index (κ3) is 7.83. The molecule has 3 atom stereocenters. The summed E-state index contributed by atoms with van der Waals surface area (Å²) in [7, 11) is -0.735. The van der Waals surface area contributed by atoms with Crippen molar-refractivity contribution < 1.29 is 32.6 Å². The zero-order valence-electron chi connectivity index (χ0n) is 24.7. The zero-order valence-corrected chi connectivity index (χ0v) is 25.5. The van der Waals surface area contributed by atoms with E-state index in [2.05, 4.69) is 10.6 Å². The van der Waals surface area contributed by atoms with Gasteiger partial charge in [0.25, 0.3) is 0 Å². The number of urea groups is 1. The molecule has 3 aromatic rings. The largest absolute Gasteiger partial charge is 0.497 e. The van der Waals surface area contributed by atoms with Gasteiger partial charge in [-0.2, -0.15) is 4.31 Å². The summed E-state index contributed by atoms with van der Waals surface area (Å²) in [4.78, 5) is 27.9. The fraction of sp³-hybridized carbons (Fsp3) is 0.355. The summed E-state index contributed by atoms with van der Waals surface area (Å²) in [5, 5.41) is 15.4. The number of carbonyl (C=O) groups is 2. The monoisotopic (exact) mass is 610 g/mol. The average Bonchev–Trinajstić information content (AvgIpc) is 3.04. The van der Waals surface area contributed by atoms with Gasteiger partial charge in [-0.25, -0.2) is 13.2 Å². The summed E-state index contributed by atoms with van der Waals surface area (Å²) in [5.74, 6) is 0.568. The van der Waals surface area contributed by atoms with E-state index in [1.807, 2.05) is 6.92 Å². The van der Waals surface area contributed by atoms with E-state index in [-0.39, 0.29) is 42.8 Å². The van der Waals surface area contributed by atoms with Gasteiger partial charge in [-0.3, -0.25) is 4.79 Å². The van der Waals surface area contributed by atoms with Crippen LogP contribution in [0.25, 0.3) is 0 Å². The van der Waals surface area contributed by atoms with Gasteiger partial charge in [0.1, 0.15) is 17.6 Å². The molecule has 12 heteroatoms. The normalized spacial score (nSPS) is 18.0. The summed E-state index contributed by atoms with van der Waals surface area (Å²) in [6.45, 7) is 3.70. The van der Waals surface area contributed by atoms with E-state index in [9.17, 15) is 23.1 Å². The number of benzene rings is 3. The van der Waals surface area contributed by atoms with Crippen LogP contribution in [0, 0.1) is 5.92 Å². The molecule has 3 aromatic carbocycles. The Kier molecular flexibility index (Phi) is 10.3. The topological polar surface area (TPSA) is 138 Å². The van der Waals surface area contributed by atoms with Gasteiger partial charge in [-0.1, -0.05) is 25.1 Å². The Morgan fingerprint density at radius 1 is 1.09 bits per heavy atom. The Hall–Kier alpha value is -4.13. The first-order valence-electron chi connectivity index (χ1n) is 13.9. The molecule has 0 aliphatic carbocycles. The molecule has 0 radical (unpaired) electrons. The highest BCUT2D eigenvalue weighted by atomic mass is 32.2. The van der Waals surface area contributed by atoms with Crippen molar-refractivity contribution >= 4 is 33.3 Å². The van der Waals surface area contributed by atoms with Crippen LogP contribution in [-0.2, 0) is 21.2 Å². The minimum atomic E-state index is -3.79. The summed E-state index contributed by atoms with van der Waals surface area (Å²) in [6.07, 6.45) is -0.661. The maximum atomic E-state index is 13.5. The lowest BCUT2D eigenvalue weighted by Gasteiger charge is -2.33. The number of hydrogen-bond acceptors (Lipinski definition) is 7. The average molecular weight is 611 g/mol. The summed E-state index contributed by atoms with van der Waals surface area (Å²) < 4.78 is 39.4. The first-order chi connectivity index (χ1) is 20.5. The SMILES string of the molecule is COc1ccc(NC(=O)Nc2ccc3c(c2)CC(=O)N([C@@H](C)CO)C[C@@H](C)[C@@H](CN(C)S(=O)(=O)c2ccccc2)O3)cc1. The first kappa shape index (κ1) is 31.8. The Morgan fingerprint density at radius 3 is 2.40 bits per heavy atom. The first-order valence-corrected chi connectivity index (χ1v) is 15.4. The molecule has 11 nitrogen and oxygen atoms in total. The minimum Gasteiger partial charge on any atom is -0.497 e. The van der Waals surface area contributed by atoms with Crippen molar-refractivity contribution in [2.45, 2.75) is 37.3 Å². The number of amides is 3. The van der Waals surface area contributed by atoms with Gasteiger partial charge < -0.3 is 30.1 Å². The van der Waals surface area contributed by atoms with Crippen molar-refractivity contribution in [1.29, 1.82) is 0 Å². The molecule has 0 bridgehead atoms. The molecule has 0 saturated heterocycles. The van der Waals surface area contributed by atoms with Crippen molar-refractivity contribution in [2.75, 3.05) is 44.5 Å². The van der Waals surface area contributed by atoms with Crippen LogP contribution >= 0.6 is 0 Å². The maximum Gasteiger partial charge on any atom is 0.323 e. The zero-order chi connectivity index (χ0) is 31.1. The van der Waals surface area contributed by atoms with Crippen LogP contribution in [-0.4, -0.2) is 80.7 Å². The quantitative estimate of drug-likeness (QED) is 0.335. The van der Waals surface area contributed by atoms with Crippen LogP contribution < -0.4 is 20.1 Å². The predicted molar refractivity (Wildman–Crippen MR) is 164 cm³/mol. The predicted octanol–water partition coefficient (Wildman–Crippen LogP) is 3.81. The van der Waals surface area contributed by atoms with Crippen LogP contribution in [0.1, 0.15) is 19.4 Å². The second kappa shape index (κ2) is 13.9. The van der Waals surface area contributed by atoms with Crippen LogP contribution in [0.4, 0.5) is 16.2 Å². The van der Waals surface area contributed by atoms with Gasteiger partial charge in [0, 0.05) is 36.4 Å². The molecule has 0 spiro atoms. The number of methoxy groups -OCH3 is 1. The molecule has 0 unspecified atom stereocenters. The molecule has 0 saturated carbocycles. The van der Waals surface area contributed by atoms with E-state index >= 15 is 0 Å². The Labute approximate surface area is 252 Å². The third-order valence-electron chi connectivity index (χ3n) is 7.41. The molecular formula is C31H38N4O7S. The molecular weight excluding hydrogens is 572 g/mol. The number of hydrogen-bond donors (Lipinski definition) is 3. The number of aliphatic hydroxyl groups excluding tert-OH is 1. The van der Waals surface area contributed by atoms with Crippen LogP contribution in [0.15, 0.2) is 77.7 Å². The van der Waals surface area contributed by atoms with E-state index < -0.39 is 28.2 Å². The number of rotatable bonds is 9. The molecule has 0 aromatic heterocycles. The van der Waals surface area contributed by atoms with Gasteiger partial charge in [0.2, 0.25) is 15.9 Å². The number of aliphatic hydroxyl groups is 1. The smallest absolute Gasteiger partial charge is 0.323 e. The van der Waals surface area contributed by atoms with E-state index in [1.54, 1.807) is 79.6 Å². The van der Waals surface area contributed by atoms with E-state index in [0.717, 1.165) is 0 Å². The van der Waals surface area contributed by atoms with Crippen molar-refractivity contribution in [1.82, 2.24) is 9.21 Å². The highest BCUT2D eigenvalue weighted by Crippen LogP contribution is 2.30. The molecule has 0 fully saturated rings. The highest BCUT2D eigenvalue weighted by molar-refractivity contribution is 7.89. The number of sulfonamides is 1. The standard InChI is InChI=1S/C31H38N4O7S/c1-21-18-35(22(2)20-36)30(37)17-23-16-25(33-31(38)32-24-10-13-26(41-4)14-11-24)12-15-28(23)42-29(21)19-34(3)43(39,40)27-8-6-5-7-9-27/h5-16,21-22,29,36H,17-20H2,1-4H3,(H2,32,33,38)/t21-,22+,29-/m1/s1. The molecule has 1 heterocycles. The lowest BCUT2D eigenvalue weighted by atomic mass is 10.0. The molecule has 230 valence electrons. The van der Waals surface area contributed by atoms with Gasteiger partial charge in [-0.05, 0) is 61.5 Å². The van der Waals surface area contributed by atoms with Crippen molar-refractivity contribution in [3.8, 4) is 11.5 Å². The molecule has 3 amide bonds. The number of nitrogens with one attached hydrogen (secondary N) is 2.